The summed E-state index contributed by atoms with van der Waals surface area (Å²) in [5, 5.41) is 13.0. The highest BCUT2D eigenvalue weighted by Gasteiger charge is 2.37. The van der Waals surface area contributed by atoms with Gasteiger partial charge in [-0.1, -0.05) is 35.9 Å². The first-order chi connectivity index (χ1) is 16.7. The summed E-state index contributed by atoms with van der Waals surface area (Å²) in [6, 6.07) is 17.0. The first-order valence-electron chi connectivity index (χ1n) is 10.4. The Hall–Kier alpha value is -4.31. The van der Waals surface area contributed by atoms with Crippen LogP contribution in [0.3, 0.4) is 0 Å². The molecule has 1 aliphatic heterocycles. The Bertz CT molecular complexity index is 1370. The maximum Gasteiger partial charge on any atom is 0.335 e. The molecule has 35 heavy (non-hydrogen) atoms. The van der Waals surface area contributed by atoms with Crippen molar-refractivity contribution < 1.29 is 24.0 Å². The lowest BCUT2D eigenvalue weighted by Crippen LogP contribution is -2.54. The van der Waals surface area contributed by atoms with Crippen LogP contribution in [-0.2, 0) is 16.2 Å². The normalized spacial score (nSPS) is 14.7. The Morgan fingerprint density at radius 1 is 1.03 bits per heavy atom. The summed E-state index contributed by atoms with van der Waals surface area (Å²) >= 11 is 3.44. The van der Waals surface area contributed by atoms with Gasteiger partial charge in [0.2, 0.25) is 0 Å². The van der Waals surface area contributed by atoms with Crippen LogP contribution in [0.25, 0.3) is 6.08 Å². The number of anilines is 1. The van der Waals surface area contributed by atoms with E-state index in [0.29, 0.717) is 22.4 Å². The average Bonchev–Trinajstić information content (AvgIpc) is 2.82. The summed E-state index contributed by atoms with van der Waals surface area (Å²) in [4.78, 5) is 48.8. The SMILES string of the molecule is Cc1ccc(COc2ccc(/C=C3\C(=O)NC(=O)N(c4ccc([N+](=O)[O-])cc4)C3=O)cc2Br)cc1. The van der Waals surface area contributed by atoms with Gasteiger partial charge in [-0.15, -0.1) is 0 Å². The standard InChI is InChI=1S/C25H18BrN3O6/c1-15-2-4-16(5-3-15)14-35-22-11-6-17(13-21(22)26)12-20-23(30)27-25(32)28(24(20)31)18-7-9-19(10-8-18)29(33)34/h2-13H,14H2,1H3,(H,27,30,32)/b20-12+. The minimum atomic E-state index is -0.938. The van der Waals surface area contributed by atoms with E-state index in [9.17, 15) is 24.5 Å². The fourth-order valence-electron chi connectivity index (χ4n) is 3.35. The minimum absolute atomic E-state index is 0.0949. The van der Waals surface area contributed by atoms with Crippen LogP contribution in [0.5, 0.6) is 5.75 Å². The zero-order valence-electron chi connectivity index (χ0n) is 18.4. The van der Waals surface area contributed by atoms with E-state index in [0.717, 1.165) is 16.0 Å². The Kier molecular flexibility index (Phi) is 6.74. The molecule has 1 saturated heterocycles. The topological polar surface area (TPSA) is 119 Å². The van der Waals surface area contributed by atoms with Crippen molar-refractivity contribution in [1.82, 2.24) is 5.32 Å². The van der Waals surface area contributed by atoms with E-state index in [1.54, 1.807) is 18.2 Å². The minimum Gasteiger partial charge on any atom is -0.488 e. The molecular weight excluding hydrogens is 518 g/mol. The Morgan fingerprint density at radius 2 is 1.71 bits per heavy atom. The monoisotopic (exact) mass is 535 g/mol. The number of hydrogen-bond donors (Lipinski definition) is 1. The molecular formula is C25H18BrN3O6. The number of amides is 4. The third-order valence-corrected chi connectivity index (χ3v) is 5.82. The molecule has 0 atom stereocenters. The number of ether oxygens (including phenoxy) is 1. The smallest absolute Gasteiger partial charge is 0.335 e. The first-order valence-corrected chi connectivity index (χ1v) is 11.2. The van der Waals surface area contributed by atoms with Gasteiger partial charge < -0.3 is 4.74 Å². The lowest BCUT2D eigenvalue weighted by Gasteiger charge is -2.26. The van der Waals surface area contributed by atoms with Gasteiger partial charge in [-0.25, -0.2) is 9.69 Å². The molecule has 0 spiro atoms. The summed E-state index contributed by atoms with van der Waals surface area (Å²) in [7, 11) is 0. The molecule has 1 heterocycles. The van der Waals surface area contributed by atoms with Gasteiger partial charge in [0.15, 0.2) is 0 Å². The van der Waals surface area contributed by atoms with Crippen LogP contribution in [0.4, 0.5) is 16.2 Å². The zero-order valence-corrected chi connectivity index (χ0v) is 19.9. The van der Waals surface area contributed by atoms with Crippen molar-refractivity contribution >= 4 is 51.2 Å². The number of barbiturate groups is 1. The molecule has 176 valence electrons. The van der Waals surface area contributed by atoms with Crippen molar-refractivity contribution in [3.8, 4) is 5.75 Å². The molecule has 0 unspecified atom stereocenters. The van der Waals surface area contributed by atoms with Crippen LogP contribution < -0.4 is 15.0 Å². The number of urea groups is 1. The fourth-order valence-corrected chi connectivity index (χ4v) is 3.86. The van der Waals surface area contributed by atoms with Gasteiger partial charge in [-0.05, 0) is 64.3 Å². The molecule has 9 nitrogen and oxygen atoms in total. The molecule has 10 heteroatoms. The zero-order chi connectivity index (χ0) is 25.1. The van der Waals surface area contributed by atoms with E-state index >= 15 is 0 Å². The number of nitro groups is 1. The van der Waals surface area contributed by atoms with Crippen molar-refractivity contribution in [2.75, 3.05) is 4.90 Å². The van der Waals surface area contributed by atoms with E-state index in [4.69, 9.17) is 4.74 Å². The van der Waals surface area contributed by atoms with Crippen LogP contribution >= 0.6 is 15.9 Å². The Balaban J connectivity index is 1.55. The molecule has 1 aliphatic rings. The number of nitro benzene ring substituents is 1. The number of hydrogen-bond acceptors (Lipinski definition) is 6. The third-order valence-electron chi connectivity index (χ3n) is 5.20. The van der Waals surface area contributed by atoms with E-state index in [1.807, 2.05) is 31.2 Å². The number of nitrogens with one attached hydrogen (secondary N) is 1. The number of halogens is 1. The fraction of sp³-hybridized carbons (Fsp3) is 0.0800. The average molecular weight is 536 g/mol. The van der Waals surface area contributed by atoms with Crippen LogP contribution in [0, 0.1) is 17.0 Å². The van der Waals surface area contributed by atoms with E-state index in [2.05, 4.69) is 21.2 Å². The molecule has 0 bridgehead atoms. The molecule has 1 N–H and O–H groups in total. The molecule has 3 aromatic rings. The van der Waals surface area contributed by atoms with Gasteiger partial charge in [0, 0.05) is 12.1 Å². The quantitative estimate of drug-likeness (QED) is 0.207. The van der Waals surface area contributed by atoms with Crippen LogP contribution in [0.1, 0.15) is 16.7 Å². The molecule has 3 aromatic carbocycles. The Morgan fingerprint density at radius 3 is 2.34 bits per heavy atom. The Labute approximate surface area is 208 Å². The van der Waals surface area contributed by atoms with E-state index < -0.39 is 22.8 Å². The second-order valence-corrected chi connectivity index (χ2v) is 8.55. The molecule has 1 fully saturated rings. The van der Waals surface area contributed by atoms with Crippen LogP contribution in [-0.4, -0.2) is 22.8 Å². The number of carbonyl (C=O) groups is 3. The maximum atomic E-state index is 13.0. The summed E-state index contributed by atoms with van der Waals surface area (Å²) in [6.07, 6.45) is 1.36. The number of carbonyl (C=O) groups excluding carboxylic acids is 3. The summed E-state index contributed by atoms with van der Waals surface area (Å²) < 4.78 is 6.47. The second kappa shape index (κ2) is 9.90. The summed E-state index contributed by atoms with van der Waals surface area (Å²) in [6.45, 7) is 2.37. The molecule has 0 radical (unpaired) electrons. The number of rotatable bonds is 6. The van der Waals surface area contributed by atoms with Gasteiger partial charge in [-0.3, -0.25) is 25.0 Å². The van der Waals surface area contributed by atoms with Gasteiger partial charge in [0.1, 0.15) is 17.9 Å². The lowest BCUT2D eigenvalue weighted by atomic mass is 10.1. The molecule has 0 aromatic heterocycles. The first kappa shape index (κ1) is 23.8. The largest absolute Gasteiger partial charge is 0.488 e. The van der Waals surface area contributed by atoms with E-state index in [1.165, 1.54) is 30.3 Å². The predicted molar refractivity (Wildman–Crippen MR) is 132 cm³/mol. The third kappa shape index (κ3) is 5.28. The highest BCUT2D eigenvalue weighted by Crippen LogP contribution is 2.29. The van der Waals surface area contributed by atoms with Gasteiger partial charge in [0.05, 0.1) is 15.1 Å². The summed E-state index contributed by atoms with van der Waals surface area (Å²) in [5.74, 6) is -1.10. The second-order valence-electron chi connectivity index (χ2n) is 7.70. The molecule has 4 amide bonds. The van der Waals surface area contributed by atoms with Crippen LogP contribution in [0.2, 0.25) is 0 Å². The number of nitrogens with zero attached hydrogens (tertiary/aromatic N) is 2. The lowest BCUT2D eigenvalue weighted by molar-refractivity contribution is -0.384. The summed E-state index contributed by atoms with van der Waals surface area (Å²) in [5.41, 5.74) is 2.33. The van der Waals surface area contributed by atoms with E-state index in [-0.39, 0.29) is 16.9 Å². The number of aryl methyl sites for hydroxylation is 1. The molecule has 0 saturated carbocycles. The number of non-ortho nitro benzene ring substituents is 1. The molecule has 0 aliphatic carbocycles. The van der Waals surface area contributed by atoms with Gasteiger partial charge in [-0.2, -0.15) is 0 Å². The maximum absolute atomic E-state index is 13.0. The van der Waals surface area contributed by atoms with Gasteiger partial charge in [0.25, 0.3) is 17.5 Å². The predicted octanol–water partition coefficient (Wildman–Crippen LogP) is 4.91. The highest BCUT2D eigenvalue weighted by atomic mass is 79.9. The van der Waals surface area contributed by atoms with Crippen molar-refractivity contribution in [1.29, 1.82) is 0 Å². The van der Waals surface area contributed by atoms with Crippen molar-refractivity contribution in [2.24, 2.45) is 0 Å². The van der Waals surface area contributed by atoms with Crippen molar-refractivity contribution in [3.05, 3.63) is 104 Å². The number of benzene rings is 3. The number of imide groups is 2. The van der Waals surface area contributed by atoms with Crippen LogP contribution in [0.15, 0.2) is 76.8 Å². The highest BCUT2D eigenvalue weighted by molar-refractivity contribution is 9.10. The van der Waals surface area contributed by atoms with Crippen molar-refractivity contribution in [2.45, 2.75) is 13.5 Å². The molecule has 4 rings (SSSR count). The van der Waals surface area contributed by atoms with Crippen molar-refractivity contribution in [3.63, 3.8) is 0 Å². The van der Waals surface area contributed by atoms with Gasteiger partial charge >= 0.3 is 6.03 Å².